The predicted octanol–water partition coefficient (Wildman–Crippen LogP) is 1.37. The largest absolute Gasteiger partial charge is 0.378 e. The number of benzene rings is 1. The molecule has 26 heavy (non-hydrogen) atoms. The summed E-state index contributed by atoms with van der Waals surface area (Å²) >= 11 is 3.53. The molecule has 1 amide bonds. The van der Waals surface area contributed by atoms with Gasteiger partial charge in [0.2, 0.25) is 5.91 Å². The lowest BCUT2D eigenvalue weighted by atomic mass is 10.2. The lowest BCUT2D eigenvalue weighted by molar-refractivity contribution is -0.136. The van der Waals surface area contributed by atoms with Crippen molar-refractivity contribution in [3.63, 3.8) is 0 Å². The van der Waals surface area contributed by atoms with Crippen LogP contribution in [0.4, 0.5) is 5.82 Å². The maximum absolute atomic E-state index is 12.4. The molecule has 2 fully saturated rings. The minimum Gasteiger partial charge on any atom is -0.378 e. The molecule has 0 N–H and O–H groups in total. The van der Waals surface area contributed by atoms with Crippen LogP contribution in [0.15, 0.2) is 29.0 Å². The normalized spacial score (nSPS) is 19.1. The number of nitrogens with zero attached hydrogens (tertiary/aromatic N) is 5. The van der Waals surface area contributed by atoms with Gasteiger partial charge in [0.05, 0.1) is 25.3 Å². The summed E-state index contributed by atoms with van der Waals surface area (Å²) in [6, 6.07) is 6.06. The van der Waals surface area contributed by atoms with Crippen LogP contribution >= 0.6 is 15.9 Å². The van der Waals surface area contributed by atoms with Gasteiger partial charge in [0.15, 0.2) is 0 Å². The molecular weight excluding hydrogens is 398 g/mol. The van der Waals surface area contributed by atoms with Crippen LogP contribution in [0.25, 0.3) is 10.9 Å². The average molecular weight is 420 g/mol. The monoisotopic (exact) mass is 419 g/mol. The van der Waals surface area contributed by atoms with Crippen molar-refractivity contribution in [2.45, 2.75) is 0 Å². The van der Waals surface area contributed by atoms with Gasteiger partial charge in [-0.05, 0) is 18.2 Å². The zero-order valence-corrected chi connectivity index (χ0v) is 16.2. The quantitative estimate of drug-likeness (QED) is 0.748. The number of ether oxygens (including phenoxy) is 1. The zero-order chi connectivity index (χ0) is 17.9. The number of anilines is 1. The first-order valence-corrected chi connectivity index (χ1v) is 9.73. The van der Waals surface area contributed by atoms with Gasteiger partial charge in [0, 0.05) is 49.1 Å². The van der Waals surface area contributed by atoms with E-state index in [1.807, 2.05) is 17.0 Å². The summed E-state index contributed by atoms with van der Waals surface area (Å²) in [7, 11) is 0. The molecular formula is C18H22BrN5O2. The third-order valence-corrected chi connectivity index (χ3v) is 5.46. The number of piperazine rings is 1. The van der Waals surface area contributed by atoms with E-state index in [0.29, 0.717) is 32.8 Å². The molecule has 2 saturated heterocycles. The highest BCUT2D eigenvalue weighted by Gasteiger charge is 2.24. The molecule has 3 heterocycles. The maximum Gasteiger partial charge on any atom is 0.236 e. The van der Waals surface area contributed by atoms with E-state index >= 15 is 0 Å². The Balaban J connectivity index is 1.39. The highest BCUT2D eigenvalue weighted by Crippen LogP contribution is 2.26. The van der Waals surface area contributed by atoms with Crippen LogP contribution < -0.4 is 4.90 Å². The van der Waals surface area contributed by atoms with Crippen molar-refractivity contribution >= 4 is 38.6 Å². The number of aromatic nitrogens is 2. The van der Waals surface area contributed by atoms with Crippen LogP contribution in [0.1, 0.15) is 0 Å². The van der Waals surface area contributed by atoms with E-state index in [0.717, 1.165) is 47.4 Å². The van der Waals surface area contributed by atoms with Crippen LogP contribution in [-0.2, 0) is 9.53 Å². The van der Waals surface area contributed by atoms with Gasteiger partial charge in [-0.1, -0.05) is 15.9 Å². The first-order valence-electron chi connectivity index (χ1n) is 8.94. The highest BCUT2D eigenvalue weighted by molar-refractivity contribution is 9.10. The molecule has 2 aliphatic rings. The minimum atomic E-state index is 0.207. The second-order valence-corrected chi connectivity index (χ2v) is 7.53. The highest BCUT2D eigenvalue weighted by atomic mass is 79.9. The predicted molar refractivity (Wildman–Crippen MR) is 103 cm³/mol. The van der Waals surface area contributed by atoms with Crippen LogP contribution in [0.5, 0.6) is 0 Å². The molecule has 0 unspecified atom stereocenters. The van der Waals surface area contributed by atoms with Crippen molar-refractivity contribution in [1.82, 2.24) is 19.8 Å². The molecule has 0 spiro atoms. The average Bonchev–Trinajstić information content (AvgIpc) is 2.69. The summed E-state index contributed by atoms with van der Waals surface area (Å²) in [5.41, 5.74) is 0.947. The molecule has 2 aromatic rings. The molecule has 0 aliphatic carbocycles. The second kappa shape index (κ2) is 7.85. The van der Waals surface area contributed by atoms with Gasteiger partial charge in [0.1, 0.15) is 12.1 Å². The molecule has 7 nitrogen and oxygen atoms in total. The van der Waals surface area contributed by atoms with Gasteiger partial charge >= 0.3 is 0 Å². The van der Waals surface area contributed by atoms with Crippen LogP contribution in [-0.4, -0.2) is 84.7 Å². The van der Waals surface area contributed by atoms with Gasteiger partial charge in [0.25, 0.3) is 0 Å². The van der Waals surface area contributed by atoms with E-state index in [4.69, 9.17) is 4.74 Å². The number of hydrogen-bond acceptors (Lipinski definition) is 6. The van der Waals surface area contributed by atoms with Crippen molar-refractivity contribution in [3.05, 3.63) is 29.0 Å². The molecule has 0 bridgehead atoms. The van der Waals surface area contributed by atoms with Gasteiger partial charge in [-0.3, -0.25) is 9.69 Å². The standard InChI is InChI=1S/C18H22BrN5O2/c19-14-1-2-16-15(11-14)18(21-13-20-16)24-5-3-22(4-6-24)12-17(25)23-7-9-26-10-8-23/h1-2,11,13H,3-10,12H2. The molecule has 138 valence electrons. The summed E-state index contributed by atoms with van der Waals surface area (Å²) in [5, 5.41) is 1.06. The number of hydrogen-bond donors (Lipinski definition) is 0. The number of carbonyl (C=O) groups excluding carboxylic acids is 1. The fraction of sp³-hybridized carbons (Fsp3) is 0.500. The van der Waals surface area contributed by atoms with E-state index in [1.165, 1.54) is 0 Å². The fourth-order valence-corrected chi connectivity index (χ4v) is 3.85. The molecule has 1 aromatic heterocycles. The van der Waals surface area contributed by atoms with E-state index in [2.05, 4.69) is 41.8 Å². The first-order chi connectivity index (χ1) is 12.7. The molecule has 0 atom stereocenters. The number of halogens is 1. The van der Waals surface area contributed by atoms with Gasteiger partial charge in [-0.15, -0.1) is 0 Å². The Kier molecular flexibility index (Phi) is 5.33. The third-order valence-electron chi connectivity index (χ3n) is 4.97. The lowest BCUT2D eigenvalue weighted by Crippen LogP contribution is -2.51. The van der Waals surface area contributed by atoms with Crippen molar-refractivity contribution in [3.8, 4) is 0 Å². The lowest BCUT2D eigenvalue weighted by Gasteiger charge is -2.36. The molecule has 1 aromatic carbocycles. The molecule has 2 aliphatic heterocycles. The van der Waals surface area contributed by atoms with Crippen molar-refractivity contribution in [2.24, 2.45) is 0 Å². The van der Waals surface area contributed by atoms with Crippen molar-refractivity contribution in [2.75, 3.05) is 63.9 Å². The summed E-state index contributed by atoms with van der Waals surface area (Å²) in [6.07, 6.45) is 1.62. The van der Waals surface area contributed by atoms with Crippen molar-refractivity contribution < 1.29 is 9.53 Å². The van der Waals surface area contributed by atoms with E-state index in [9.17, 15) is 4.79 Å². The van der Waals surface area contributed by atoms with Gasteiger partial charge in [-0.25, -0.2) is 9.97 Å². The van der Waals surface area contributed by atoms with Gasteiger partial charge in [-0.2, -0.15) is 0 Å². The maximum atomic E-state index is 12.4. The van der Waals surface area contributed by atoms with Crippen LogP contribution in [0.2, 0.25) is 0 Å². The van der Waals surface area contributed by atoms with Gasteiger partial charge < -0.3 is 14.5 Å². The SMILES string of the molecule is O=C(CN1CCN(c2ncnc3ccc(Br)cc23)CC1)N1CCOCC1. The number of morpholine rings is 1. The number of carbonyl (C=O) groups is 1. The molecule has 0 radical (unpaired) electrons. The van der Waals surface area contributed by atoms with E-state index < -0.39 is 0 Å². The topological polar surface area (TPSA) is 61.8 Å². The van der Waals surface area contributed by atoms with Crippen molar-refractivity contribution in [1.29, 1.82) is 0 Å². The Labute approximate surface area is 161 Å². The Morgan fingerprint density at radius 1 is 1.08 bits per heavy atom. The number of fused-ring (bicyclic) bond motifs is 1. The first kappa shape index (κ1) is 17.6. The summed E-state index contributed by atoms with van der Waals surface area (Å²) < 4.78 is 6.34. The van der Waals surface area contributed by atoms with E-state index in [-0.39, 0.29) is 5.91 Å². The third kappa shape index (κ3) is 3.82. The summed E-state index contributed by atoms with van der Waals surface area (Å²) in [4.78, 5) is 27.7. The second-order valence-electron chi connectivity index (χ2n) is 6.62. The summed E-state index contributed by atoms with van der Waals surface area (Å²) in [5.74, 6) is 1.17. The number of rotatable bonds is 3. The Morgan fingerprint density at radius 2 is 1.85 bits per heavy atom. The summed E-state index contributed by atoms with van der Waals surface area (Å²) in [6.45, 7) is 6.63. The van der Waals surface area contributed by atoms with E-state index in [1.54, 1.807) is 6.33 Å². The molecule has 0 saturated carbocycles. The Hall–Kier alpha value is -1.77. The van der Waals surface area contributed by atoms with Crippen LogP contribution in [0, 0.1) is 0 Å². The molecule has 4 rings (SSSR count). The fourth-order valence-electron chi connectivity index (χ4n) is 3.49. The Bertz CT molecular complexity index is 788. The van der Waals surface area contributed by atoms with Crippen LogP contribution in [0.3, 0.4) is 0 Å². The Morgan fingerprint density at radius 3 is 2.62 bits per heavy atom. The molecule has 8 heteroatoms. The number of amides is 1. The zero-order valence-electron chi connectivity index (χ0n) is 14.6. The minimum absolute atomic E-state index is 0.207. The smallest absolute Gasteiger partial charge is 0.236 e.